The molecule has 3 rings (SSSR count). The van der Waals surface area contributed by atoms with Gasteiger partial charge in [-0.3, -0.25) is 9.59 Å². The zero-order valence-electron chi connectivity index (χ0n) is 12.0. The first-order chi connectivity index (χ1) is 10.9. The number of para-hydroxylation sites is 2. The van der Waals surface area contributed by atoms with Gasteiger partial charge in [0.25, 0.3) is 17.4 Å². The van der Waals surface area contributed by atoms with Crippen molar-refractivity contribution in [1.29, 1.82) is 0 Å². The number of anilines is 2. The number of amides is 2. The Bertz CT molecular complexity index is 810. The molecule has 0 saturated carbocycles. The van der Waals surface area contributed by atoms with Crippen LogP contribution in [0, 0.1) is 0 Å². The van der Waals surface area contributed by atoms with E-state index in [9.17, 15) is 9.59 Å². The number of carbonyl (C=O) groups excluding carboxylic acids is 2. The van der Waals surface area contributed by atoms with E-state index >= 15 is 0 Å². The second-order valence-corrected chi connectivity index (χ2v) is 6.01. The Balaban J connectivity index is 1.89. The molecule has 1 heterocycles. The SMILES string of the molecule is CC1(C(=O)Nc2cc(Cl)ccc2Cl)Oc2ccccc2NC1=O. The summed E-state index contributed by atoms with van der Waals surface area (Å²) in [6.45, 7) is 1.39. The molecular weight excluding hydrogens is 339 g/mol. The van der Waals surface area contributed by atoms with E-state index < -0.39 is 17.4 Å². The topological polar surface area (TPSA) is 67.4 Å². The van der Waals surface area contributed by atoms with Crippen LogP contribution in [0.5, 0.6) is 5.75 Å². The molecule has 7 heteroatoms. The van der Waals surface area contributed by atoms with Crippen LogP contribution in [-0.2, 0) is 9.59 Å². The third-order valence-electron chi connectivity index (χ3n) is 3.49. The van der Waals surface area contributed by atoms with Crippen LogP contribution < -0.4 is 15.4 Å². The van der Waals surface area contributed by atoms with Gasteiger partial charge in [0.05, 0.1) is 16.4 Å². The fourth-order valence-electron chi connectivity index (χ4n) is 2.15. The fourth-order valence-corrected chi connectivity index (χ4v) is 2.49. The highest BCUT2D eigenvalue weighted by molar-refractivity contribution is 6.36. The molecule has 2 aromatic rings. The monoisotopic (exact) mass is 350 g/mol. The van der Waals surface area contributed by atoms with Crippen LogP contribution in [0.25, 0.3) is 0 Å². The lowest BCUT2D eigenvalue weighted by Crippen LogP contribution is -2.56. The maximum atomic E-state index is 12.6. The quantitative estimate of drug-likeness (QED) is 0.811. The van der Waals surface area contributed by atoms with Crippen LogP contribution in [0.2, 0.25) is 10.0 Å². The van der Waals surface area contributed by atoms with Gasteiger partial charge in [-0.15, -0.1) is 0 Å². The predicted molar refractivity (Wildman–Crippen MR) is 89.2 cm³/mol. The zero-order valence-corrected chi connectivity index (χ0v) is 13.5. The van der Waals surface area contributed by atoms with Gasteiger partial charge in [-0.05, 0) is 37.3 Å². The first-order valence-corrected chi connectivity index (χ1v) is 7.52. The van der Waals surface area contributed by atoms with E-state index in [0.717, 1.165) is 0 Å². The number of nitrogens with one attached hydrogen (secondary N) is 2. The van der Waals surface area contributed by atoms with Crippen molar-refractivity contribution in [2.75, 3.05) is 10.6 Å². The Labute approximate surface area is 142 Å². The van der Waals surface area contributed by atoms with Crippen molar-refractivity contribution >= 4 is 46.4 Å². The van der Waals surface area contributed by atoms with Crippen molar-refractivity contribution in [1.82, 2.24) is 0 Å². The summed E-state index contributed by atoms with van der Waals surface area (Å²) in [5, 5.41) is 5.96. The van der Waals surface area contributed by atoms with Crippen LogP contribution in [0.4, 0.5) is 11.4 Å². The van der Waals surface area contributed by atoms with Gasteiger partial charge in [-0.2, -0.15) is 0 Å². The summed E-state index contributed by atoms with van der Waals surface area (Å²) in [6, 6.07) is 11.5. The second kappa shape index (κ2) is 5.76. The molecule has 23 heavy (non-hydrogen) atoms. The number of rotatable bonds is 2. The van der Waals surface area contributed by atoms with Crippen molar-refractivity contribution in [3.05, 3.63) is 52.5 Å². The molecule has 1 aliphatic rings. The Morgan fingerprint density at radius 3 is 2.74 bits per heavy atom. The number of fused-ring (bicyclic) bond motifs is 1. The second-order valence-electron chi connectivity index (χ2n) is 5.16. The zero-order chi connectivity index (χ0) is 16.6. The molecule has 2 N–H and O–H groups in total. The normalized spacial score (nSPS) is 19.3. The number of benzene rings is 2. The molecule has 0 aromatic heterocycles. The van der Waals surface area contributed by atoms with E-state index in [4.69, 9.17) is 27.9 Å². The summed E-state index contributed by atoms with van der Waals surface area (Å²) in [5.74, 6) is -0.789. The summed E-state index contributed by atoms with van der Waals surface area (Å²) >= 11 is 11.9. The van der Waals surface area contributed by atoms with E-state index in [1.165, 1.54) is 13.0 Å². The summed E-state index contributed by atoms with van der Waals surface area (Å²) < 4.78 is 5.64. The van der Waals surface area contributed by atoms with Gasteiger partial charge in [0.1, 0.15) is 5.75 Å². The largest absolute Gasteiger partial charge is 0.466 e. The molecule has 1 unspecified atom stereocenters. The Morgan fingerprint density at radius 1 is 1.22 bits per heavy atom. The summed E-state index contributed by atoms with van der Waals surface area (Å²) in [6.07, 6.45) is 0. The minimum atomic E-state index is -1.72. The Hall–Kier alpha value is -2.24. The van der Waals surface area contributed by atoms with Gasteiger partial charge in [0.2, 0.25) is 0 Å². The lowest BCUT2D eigenvalue weighted by Gasteiger charge is -2.33. The molecule has 0 fully saturated rings. The third kappa shape index (κ3) is 2.85. The van der Waals surface area contributed by atoms with Crippen molar-refractivity contribution in [2.45, 2.75) is 12.5 Å². The number of ether oxygens (including phenoxy) is 1. The molecule has 1 atom stereocenters. The standard InChI is InChI=1S/C16H12Cl2N2O3/c1-16(14(21)19-11-4-2-3-5-13(11)23-16)15(22)20-12-8-9(17)6-7-10(12)18/h2-8H,1H3,(H,19,21)(H,20,22). The maximum Gasteiger partial charge on any atom is 0.278 e. The molecule has 1 aliphatic heterocycles. The fraction of sp³-hybridized carbons (Fsp3) is 0.125. The van der Waals surface area contributed by atoms with Crippen molar-refractivity contribution in [3.8, 4) is 5.75 Å². The van der Waals surface area contributed by atoms with E-state index in [2.05, 4.69) is 10.6 Å². The highest BCUT2D eigenvalue weighted by Crippen LogP contribution is 2.34. The first kappa shape index (κ1) is 15.6. The lowest BCUT2D eigenvalue weighted by atomic mass is 10.0. The van der Waals surface area contributed by atoms with Crippen LogP contribution in [-0.4, -0.2) is 17.4 Å². The van der Waals surface area contributed by atoms with E-state index in [1.54, 1.807) is 36.4 Å². The molecule has 0 saturated heterocycles. The van der Waals surface area contributed by atoms with Gasteiger partial charge in [0.15, 0.2) is 0 Å². The van der Waals surface area contributed by atoms with Crippen molar-refractivity contribution in [3.63, 3.8) is 0 Å². The summed E-state index contributed by atoms with van der Waals surface area (Å²) in [5.41, 5.74) is -0.899. The Morgan fingerprint density at radius 2 is 1.96 bits per heavy atom. The summed E-state index contributed by atoms with van der Waals surface area (Å²) in [4.78, 5) is 24.9. The maximum absolute atomic E-state index is 12.6. The van der Waals surface area contributed by atoms with E-state index in [0.29, 0.717) is 27.2 Å². The number of halogens is 2. The minimum absolute atomic E-state index is 0.306. The van der Waals surface area contributed by atoms with Gasteiger partial charge >= 0.3 is 0 Å². The van der Waals surface area contributed by atoms with Gasteiger partial charge in [-0.25, -0.2) is 0 Å². The van der Waals surface area contributed by atoms with Gasteiger partial charge in [-0.1, -0.05) is 35.3 Å². The summed E-state index contributed by atoms with van der Waals surface area (Å²) in [7, 11) is 0. The number of hydrogen-bond donors (Lipinski definition) is 2. The molecule has 118 valence electrons. The van der Waals surface area contributed by atoms with Crippen molar-refractivity contribution in [2.24, 2.45) is 0 Å². The molecule has 0 spiro atoms. The van der Waals surface area contributed by atoms with Crippen molar-refractivity contribution < 1.29 is 14.3 Å². The lowest BCUT2D eigenvalue weighted by molar-refractivity contribution is -0.143. The van der Waals surface area contributed by atoms with E-state index in [-0.39, 0.29) is 0 Å². The highest BCUT2D eigenvalue weighted by atomic mass is 35.5. The van der Waals surface area contributed by atoms with Crippen LogP contribution in [0.3, 0.4) is 0 Å². The highest BCUT2D eigenvalue weighted by Gasteiger charge is 2.47. The minimum Gasteiger partial charge on any atom is -0.466 e. The van der Waals surface area contributed by atoms with Crippen LogP contribution in [0.15, 0.2) is 42.5 Å². The molecule has 0 radical (unpaired) electrons. The predicted octanol–water partition coefficient (Wildman–Crippen LogP) is 3.72. The first-order valence-electron chi connectivity index (χ1n) is 6.76. The van der Waals surface area contributed by atoms with Gasteiger partial charge in [0, 0.05) is 5.02 Å². The molecule has 2 amide bonds. The molecule has 5 nitrogen and oxygen atoms in total. The molecular formula is C16H12Cl2N2O3. The number of carbonyl (C=O) groups is 2. The van der Waals surface area contributed by atoms with Gasteiger partial charge < -0.3 is 15.4 Å². The smallest absolute Gasteiger partial charge is 0.278 e. The number of hydrogen-bond acceptors (Lipinski definition) is 3. The Kier molecular flexibility index (Phi) is 3.92. The van der Waals surface area contributed by atoms with Crippen LogP contribution in [0.1, 0.15) is 6.92 Å². The van der Waals surface area contributed by atoms with Crippen LogP contribution >= 0.6 is 23.2 Å². The molecule has 2 aromatic carbocycles. The third-order valence-corrected chi connectivity index (χ3v) is 4.06. The average Bonchev–Trinajstić information content (AvgIpc) is 2.52. The van der Waals surface area contributed by atoms with E-state index in [1.807, 2.05) is 0 Å². The molecule has 0 aliphatic carbocycles. The average molecular weight is 351 g/mol. The molecule has 0 bridgehead atoms.